The van der Waals surface area contributed by atoms with Crippen LogP contribution in [0.25, 0.3) is 0 Å². The predicted octanol–water partition coefficient (Wildman–Crippen LogP) is 3.39. The molecule has 1 unspecified atom stereocenters. The van der Waals surface area contributed by atoms with E-state index in [1.54, 1.807) is 6.07 Å². The van der Waals surface area contributed by atoms with Crippen molar-refractivity contribution in [2.45, 2.75) is 19.4 Å². The van der Waals surface area contributed by atoms with Gasteiger partial charge in [-0.2, -0.15) is 0 Å². The van der Waals surface area contributed by atoms with Gasteiger partial charge in [0.05, 0.1) is 14.2 Å². The number of ether oxygens (including phenoxy) is 2. The van der Waals surface area contributed by atoms with Crippen LogP contribution in [0.2, 0.25) is 0 Å². The summed E-state index contributed by atoms with van der Waals surface area (Å²) in [6.07, 6.45) is 0.569. The SMILES string of the molecule is COc1cc(F)c(C(N)Cc2ccccc2C)cc1OC. The van der Waals surface area contributed by atoms with Gasteiger partial charge in [-0.25, -0.2) is 4.39 Å². The van der Waals surface area contributed by atoms with Crippen molar-refractivity contribution in [1.29, 1.82) is 0 Å². The van der Waals surface area contributed by atoms with E-state index < -0.39 is 6.04 Å². The molecule has 0 aromatic heterocycles. The lowest BCUT2D eigenvalue weighted by Crippen LogP contribution is -2.16. The van der Waals surface area contributed by atoms with Gasteiger partial charge in [0.1, 0.15) is 5.82 Å². The Morgan fingerprint density at radius 2 is 1.71 bits per heavy atom. The standard InChI is InChI=1S/C17H20FNO2/c1-11-6-4-5-7-12(11)8-15(19)13-9-16(20-2)17(21-3)10-14(13)18/h4-7,9-10,15H,8,19H2,1-3H3. The van der Waals surface area contributed by atoms with E-state index in [1.165, 1.54) is 20.3 Å². The smallest absolute Gasteiger partial charge is 0.163 e. The lowest BCUT2D eigenvalue weighted by Gasteiger charge is -2.17. The summed E-state index contributed by atoms with van der Waals surface area (Å²) in [5.41, 5.74) is 8.86. The maximum absolute atomic E-state index is 14.2. The third kappa shape index (κ3) is 3.34. The molecule has 0 aliphatic heterocycles. The van der Waals surface area contributed by atoms with Gasteiger partial charge in [-0.15, -0.1) is 0 Å². The van der Waals surface area contributed by atoms with Crippen molar-refractivity contribution in [3.05, 3.63) is 58.9 Å². The highest BCUT2D eigenvalue weighted by Crippen LogP contribution is 2.32. The highest BCUT2D eigenvalue weighted by Gasteiger charge is 2.17. The zero-order valence-electron chi connectivity index (χ0n) is 12.5. The number of nitrogens with two attached hydrogens (primary N) is 1. The van der Waals surface area contributed by atoms with Gasteiger partial charge in [0.2, 0.25) is 0 Å². The number of halogens is 1. The van der Waals surface area contributed by atoms with Crippen LogP contribution in [-0.2, 0) is 6.42 Å². The molecule has 0 radical (unpaired) electrons. The van der Waals surface area contributed by atoms with Gasteiger partial charge in [0, 0.05) is 17.7 Å². The summed E-state index contributed by atoms with van der Waals surface area (Å²) < 4.78 is 24.5. The summed E-state index contributed by atoms with van der Waals surface area (Å²) in [6, 6.07) is 10.4. The van der Waals surface area contributed by atoms with Crippen molar-refractivity contribution in [2.75, 3.05) is 14.2 Å². The Hall–Kier alpha value is -2.07. The first-order chi connectivity index (χ1) is 10.1. The molecule has 1 atom stereocenters. The highest BCUT2D eigenvalue weighted by atomic mass is 19.1. The largest absolute Gasteiger partial charge is 0.493 e. The van der Waals surface area contributed by atoms with Crippen LogP contribution in [0.3, 0.4) is 0 Å². The summed E-state index contributed by atoms with van der Waals surface area (Å²) in [4.78, 5) is 0. The van der Waals surface area contributed by atoms with Crippen LogP contribution >= 0.6 is 0 Å². The Kier molecular flexibility index (Phi) is 4.81. The van der Waals surface area contributed by atoms with Crippen LogP contribution in [0.5, 0.6) is 11.5 Å². The summed E-state index contributed by atoms with van der Waals surface area (Å²) in [7, 11) is 3.00. The molecule has 0 saturated carbocycles. The monoisotopic (exact) mass is 289 g/mol. The van der Waals surface area contributed by atoms with Gasteiger partial charge in [-0.3, -0.25) is 0 Å². The van der Waals surface area contributed by atoms with E-state index in [4.69, 9.17) is 15.2 Å². The lowest BCUT2D eigenvalue weighted by atomic mass is 9.96. The first-order valence-electron chi connectivity index (χ1n) is 6.78. The average Bonchev–Trinajstić information content (AvgIpc) is 2.49. The third-order valence-electron chi connectivity index (χ3n) is 3.60. The Morgan fingerprint density at radius 1 is 1.10 bits per heavy atom. The van der Waals surface area contributed by atoms with Crippen molar-refractivity contribution in [1.82, 2.24) is 0 Å². The number of hydrogen-bond donors (Lipinski definition) is 1. The molecule has 0 heterocycles. The van der Waals surface area contributed by atoms with E-state index in [0.717, 1.165) is 11.1 Å². The van der Waals surface area contributed by atoms with Crippen molar-refractivity contribution in [2.24, 2.45) is 5.73 Å². The number of rotatable bonds is 5. The van der Waals surface area contributed by atoms with Crippen LogP contribution in [0.15, 0.2) is 36.4 Å². The second-order valence-corrected chi connectivity index (χ2v) is 4.97. The van der Waals surface area contributed by atoms with Crippen LogP contribution in [-0.4, -0.2) is 14.2 Å². The molecule has 2 aromatic rings. The summed E-state index contributed by atoms with van der Waals surface area (Å²) in [6.45, 7) is 2.02. The Labute approximate surface area is 124 Å². The van der Waals surface area contributed by atoms with E-state index >= 15 is 0 Å². The molecule has 2 rings (SSSR count). The van der Waals surface area contributed by atoms with E-state index in [0.29, 0.717) is 23.5 Å². The normalized spacial score (nSPS) is 12.0. The topological polar surface area (TPSA) is 44.5 Å². The molecule has 0 aliphatic carbocycles. The second-order valence-electron chi connectivity index (χ2n) is 4.97. The van der Waals surface area contributed by atoms with Crippen molar-refractivity contribution >= 4 is 0 Å². The van der Waals surface area contributed by atoms with Crippen LogP contribution < -0.4 is 15.2 Å². The molecule has 4 heteroatoms. The minimum atomic E-state index is -0.439. The maximum Gasteiger partial charge on any atom is 0.163 e. The van der Waals surface area contributed by atoms with Gasteiger partial charge >= 0.3 is 0 Å². The van der Waals surface area contributed by atoms with Gasteiger partial charge in [0.25, 0.3) is 0 Å². The lowest BCUT2D eigenvalue weighted by molar-refractivity contribution is 0.351. The van der Waals surface area contributed by atoms with Crippen LogP contribution in [0.1, 0.15) is 22.7 Å². The molecule has 2 N–H and O–H groups in total. The average molecular weight is 289 g/mol. The quantitative estimate of drug-likeness (QED) is 0.917. The molecule has 0 amide bonds. The van der Waals surface area contributed by atoms with E-state index in [2.05, 4.69) is 0 Å². The molecule has 0 bridgehead atoms. The molecule has 0 saturated heterocycles. The Bertz CT molecular complexity index is 628. The molecule has 2 aromatic carbocycles. The van der Waals surface area contributed by atoms with E-state index in [1.807, 2.05) is 31.2 Å². The fourth-order valence-corrected chi connectivity index (χ4v) is 2.34. The molecule has 21 heavy (non-hydrogen) atoms. The minimum absolute atomic E-state index is 0.363. The Morgan fingerprint density at radius 3 is 2.33 bits per heavy atom. The molecular formula is C17H20FNO2. The third-order valence-corrected chi connectivity index (χ3v) is 3.60. The predicted molar refractivity (Wildman–Crippen MR) is 81.3 cm³/mol. The zero-order chi connectivity index (χ0) is 15.4. The van der Waals surface area contributed by atoms with Gasteiger partial charge in [-0.1, -0.05) is 24.3 Å². The van der Waals surface area contributed by atoms with Gasteiger partial charge in [0.15, 0.2) is 11.5 Å². The highest BCUT2D eigenvalue weighted by molar-refractivity contribution is 5.45. The summed E-state index contributed by atoms with van der Waals surface area (Å²) in [5.74, 6) is 0.463. The molecular weight excluding hydrogens is 269 g/mol. The molecule has 0 fully saturated rings. The number of methoxy groups -OCH3 is 2. The van der Waals surface area contributed by atoms with Gasteiger partial charge < -0.3 is 15.2 Å². The number of aryl methyl sites for hydroxylation is 1. The second kappa shape index (κ2) is 6.59. The number of benzene rings is 2. The Balaban J connectivity index is 2.31. The fraction of sp³-hybridized carbons (Fsp3) is 0.294. The van der Waals surface area contributed by atoms with Crippen molar-refractivity contribution in [3.63, 3.8) is 0 Å². The van der Waals surface area contributed by atoms with E-state index in [9.17, 15) is 4.39 Å². The first-order valence-corrected chi connectivity index (χ1v) is 6.78. The zero-order valence-corrected chi connectivity index (χ0v) is 12.5. The molecule has 0 aliphatic rings. The molecule has 0 spiro atoms. The van der Waals surface area contributed by atoms with Crippen LogP contribution in [0.4, 0.5) is 4.39 Å². The number of hydrogen-bond acceptors (Lipinski definition) is 3. The van der Waals surface area contributed by atoms with Crippen molar-refractivity contribution < 1.29 is 13.9 Å². The summed E-state index contributed by atoms with van der Waals surface area (Å²) in [5, 5.41) is 0. The first kappa shape index (κ1) is 15.3. The van der Waals surface area contributed by atoms with E-state index in [-0.39, 0.29) is 5.82 Å². The maximum atomic E-state index is 14.2. The van der Waals surface area contributed by atoms with Gasteiger partial charge in [-0.05, 0) is 30.5 Å². The fourth-order valence-electron chi connectivity index (χ4n) is 2.34. The van der Waals surface area contributed by atoms with Crippen molar-refractivity contribution in [3.8, 4) is 11.5 Å². The molecule has 3 nitrogen and oxygen atoms in total. The van der Waals surface area contributed by atoms with Crippen LogP contribution in [0, 0.1) is 12.7 Å². The minimum Gasteiger partial charge on any atom is -0.493 e. The molecule has 112 valence electrons. The summed E-state index contributed by atoms with van der Waals surface area (Å²) >= 11 is 0.